The summed E-state index contributed by atoms with van der Waals surface area (Å²) in [7, 11) is 0. The van der Waals surface area contributed by atoms with Crippen LogP contribution in [0, 0.1) is 5.92 Å². The lowest BCUT2D eigenvalue weighted by Crippen LogP contribution is -2.45. The molecule has 1 aliphatic carbocycles. The average molecular weight is 227 g/mol. The number of nitrogens with one attached hydrogen (secondary N) is 2. The summed E-state index contributed by atoms with van der Waals surface area (Å²) in [6, 6.07) is -0.315. The Morgan fingerprint density at radius 1 is 1.38 bits per heavy atom. The van der Waals surface area contributed by atoms with Gasteiger partial charge in [0.2, 0.25) is 5.91 Å². The van der Waals surface area contributed by atoms with Crippen molar-refractivity contribution >= 4 is 11.8 Å². The van der Waals surface area contributed by atoms with Gasteiger partial charge in [0.15, 0.2) is 0 Å². The lowest BCUT2D eigenvalue weighted by Gasteiger charge is -2.25. The standard InChI is InChI=1S/C10H17N3O3/c11-7-3-1-6(2-4-7)9(14)12-8-5-16-13-10(8)15/h6-8H,1-5,11H2,(H,12,14)(H,13,15)/t6?,7?,8-/m1/s1. The molecule has 0 radical (unpaired) electrons. The zero-order valence-corrected chi connectivity index (χ0v) is 9.07. The first kappa shape index (κ1) is 11.3. The van der Waals surface area contributed by atoms with Gasteiger partial charge in [0.1, 0.15) is 12.6 Å². The number of carbonyl (C=O) groups excluding carboxylic acids is 2. The summed E-state index contributed by atoms with van der Waals surface area (Å²) in [5.41, 5.74) is 7.98. The van der Waals surface area contributed by atoms with Crippen LogP contribution in [0.15, 0.2) is 0 Å². The van der Waals surface area contributed by atoms with E-state index in [9.17, 15) is 9.59 Å². The monoisotopic (exact) mass is 227 g/mol. The summed E-state index contributed by atoms with van der Waals surface area (Å²) >= 11 is 0. The Labute approximate surface area is 93.8 Å². The van der Waals surface area contributed by atoms with Crippen LogP contribution < -0.4 is 16.5 Å². The molecule has 1 atom stereocenters. The van der Waals surface area contributed by atoms with Crippen LogP contribution in [0.2, 0.25) is 0 Å². The summed E-state index contributed by atoms with van der Waals surface area (Å²) in [6.07, 6.45) is 3.38. The fourth-order valence-electron chi connectivity index (χ4n) is 2.12. The molecule has 0 aromatic carbocycles. The summed E-state index contributed by atoms with van der Waals surface area (Å²) < 4.78 is 0. The van der Waals surface area contributed by atoms with Crippen molar-refractivity contribution in [1.29, 1.82) is 0 Å². The molecule has 6 heteroatoms. The van der Waals surface area contributed by atoms with Crippen LogP contribution in [0.1, 0.15) is 25.7 Å². The Morgan fingerprint density at radius 3 is 2.62 bits per heavy atom. The molecular weight excluding hydrogens is 210 g/mol. The first-order valence-corrected chi connectivity index (χ1v) is 5.64. The number of amides is 2. The Morgan fingerprint density at radius 2 is 2.06 bits per heavy atom. The Hall–Kier alpha value is -1.14. The number of rotatable bonds is 2. The molecule has 2 rings (SSSR count). The molecule has 0 bridgehead atoms. The first-order valence-electron chi connectivity index (χ1n) is 5.64. The van der Waals surface area contributed by atoms with Crippen LogP contribution in [-0.2, 0) is 14.4 Å². The van der Waals surface area contributed by atoms with Crippen molar-refractivity contribution in [3.05, 3.63) is 0 Å². The maximum absolute atomic E-state index is 11.8. The summed E-state index contributed by atoms with van der Waals surface area (Å²) in [5.74, 6) is -0.341. The highest BCUT2D eigenvalue weighted by Crippen LogP contribution is 2.23. The number of carbonyl (C=O) groups is 2. The highest BCUT2D eigenvalue weighted by atomic mass is 16.7. The van der Waals surface area contributed by atoms with Gasteiger partial charge in [-0.05, 0) is 25.7 Å². The topological polar surface area (TPSA) is 93.5 Å². The molecular formula is C10H17N3O3. The van der Waals surface area contributed by atoms with E-state index in [1.807, 2.05) is 0 Å². The van der Waals surface area contributed by atoms with E-state index in [1.165, 1.54) is 0 Å². The zero-order valence-electron chi connectivity index (χ0n) is 9.07. The van der Waals surface area contributed by atoms with Crippen LogP contribution in [-0.4, -0.2) is 30.5 Å². The maximum Gasteiger partial charge on any atom is 0.268 e. The molecule has 1 heterocycles. The summed E-state index contributed by atoms with van der Waals surface area (Å²) in [5, 5.41) is 2.70. The molecule has 2 aliphatic rings. The predicted octanol–water partition coefficient (Wildman–Crippen LogP) is -0.950. The van der Waals surface area contributed by atoms with Crippen LogP contribution in [0.5, 0.6) is 0 Å². The lowest BCUT2D eigenvalue weighted by molar-refractivity contribution is -0.131. The lowest BCUT2D eigenvalue weighted by atomic mass is 9.86. The molecule has 16 heavy (non-hydrogen) atoms. The third-order valence-corrected chi connectivity index (χ3v) is 3.20. The molecule has 0 spiro atoms. The van der Waals surface area contributed by atoms with Crippen LogP contribution in [0.3, 0.4) is 0 Å². The van der Waals surface area contributed by atoms with E-state index in [-0.39, 0.29) is 30.4 Å². The Balaban J connectivity index is 1.81. The number of hydrogen-bond acceptors (Lipinski definition) is 4. The third kappa shape index (κ3) is 2.51. The second kappa shape index (κ2) is 4.80. The molecule has 2 fully saturated rings. The molecule has 4 N–H and O–H groups in total. The van der Waals surface area contributed by atoms with Crippen molar-refractivity contribution in [1.82, 2.24) is 10.8 Å². The van der Waals surface area contributed by atoms with E-state index in [2.05, 4.69) is 10.8 Å². The average Bonchev–Trinajstić information content (AvgIpc) is 2.65. The molecule has 1 aliphatic heterocycles. The molecule has 2 amide bonds. The summed E-state index contributed by atoms with van der Waals surface area (Å²) in [6.45, 7) is 0.205. The predicted molar refractivity (Wildman–Crippen MR) is 56.0 cm³/mol. The van der Waals surface area contributed by atoms with Gasteiger partial charge >= 0.3 is 0 Å². The van der Waals surface area contributed by atoms with Gasteiger partial charge in [-0.2, -0.15) is 0 Å². The maximum atomic E-state index is 11.8. The molecule has 0 aromatic rings. The third-order valence-electron chi connectivity index (χ3n) is 3.20. The van der Waals surface area contributed by atoms with Gasteiger partial charge in [-0.25, -0.2) is 5.48 Å². The van der Waals surface area contributed by atoms with Gasteiger partial charge in [0.05, 0.1) is 0 Å². The van der Waals surface area contributed by atoms with Crippen LogP contribution in [0.25, 0.3) is 0 Å². The highest BCUT2D eigenvalue weighted by Gasteiger charge is 2.31. The largest absolute Gasteiger partial charge is 0.342 e. The zero-order chi connectivity index (χ0) is 11.5. The second-order valence-corrected chi connectivity index (χ2v) is 4.45. The van der Waals surface area contributed by atoms with Crippen molar-refractivity contribution in [3.63, 3.8) is 0 Å². The van der Waals surface area contributed by atoms with Crippen LogP contribution >= 0.6 is 0 Å². The van der Waals surface area contributed by atoms with Crippen molar-refractivity contribution in [3.8, 4) is 0 Å². The fraction of sp³-hybridized carbons (Fsp3) is 0.800. The minimum Gasteiger partial charge on any atom is -0.342 e. The van der Waals surface area contributed by atoms with Gasteiger partial charge < -0.3 is 11.1 Å². The number of hydroxylamine groups is 1. The first-order chi connectivity index (χ1) is 7.66. The number of nitrogens with two attached hydrogens (primary N) is 1. The Kier molecular flexibility index (Phi) is 3.40. The molecule has 1 saturated carbocycles. The highest BCUT2D eigenvalue weighted by molar-refractivity contribution is 5.88. The second-order valence-electron chi connectivity index (χ2n) is 4.45. The SMILES string of the molecule is NC1CCC(C(=O)N[C@@H]2CONC2=O)CC1. The van der Waals surface area contributed by atoms with Crippen molar-refractivity contribution in [2.75, 3.05) is 6.61 Å². The van der Waals surface area contributed by atoms with E-state index in [4.69, 9.17) is 10.6 Å². The van der Waals surface area contributed by atoms with Crippen molar-refractivity contribution < 1.29 is 14.4 Å². The minimum absolute atomic E-state index is 0.00630. The Bertz CT molecular complexity index is 287. The van der Waals surface area contributed by atoms with E-state index in [0.29, 0.717) is 0 Å². The summed E-state index contributed by atoms with van der Waals surface area (Å²) in [4.78, 5) is 27.7. The van der Waals surface area contributed by atoms with E-state index >= 15 is 0 Å². The van der Waals surface area contributed by atoms with E-state index in [1.54, 1.807) is 0 Å². The van der Waals surface area contributed by atoms with Crippen LogP contribution in [0.4, 0.5) is 0 Å². The smallest absolute Gasteiger partial charge is 0.268 e. The van der Waals surface area contributed by atoms with E-state index in [0.717, 1.165) is 25.7 Å². The fourth-order valence-corrected chi connectivity index (χ4v) is 2.12. The van der Waals surface area contributed by atoms with Gasteiger partial charge in [0, 0.05) is 12.0 Å². The molecule has 6 nitrogen and oxygen atoms in total. The van der Waals surface area contributed by atoms with Gasteiger partial charge in [-0.3, -0.25) is 14.4 Å². The normalized spacial score (nSPS) is 34.6. The van der Waals surface area contributed by atoms with E-state index < -0.39 is 6.04 Å². The molecule has 1 saturated heterocycles. The minimum atomic E-state index is -0.539. The molecule has 90 valence electrons. The van der Waals surface area contributed by atoms with Gasteiger partial charge in [0.25, 0.3) is 5.91 Å². The van der Waals surface area contributed by atoms with Gasteiger partial charge in [-0.15, -0.1) is 0 Å². The quantitative estimate of drug-likeness (QED) is 0.567. The molecule has 0 aromatic heterocycles. The van der Waals surface area contributed by atoms with Crippen molar-refractivity contribution in [2.24, 2.45) is 11.7 Å². The molecule has 0 unspecified atom stereocenters. The van der Waals surface area contributed by atoms with Crippen molar-refractivity contribution in [2.45, 2.75) is 37.8 Å². The van der Waals surface area contributed by atoms with Gasteiger partial charge in [-0.1, -0.05) is 0 Å². The number of hydrogen-bond donors (Lipinski definition) is 3.